The highest BCUT2D eigenvalue weighted by atomic mass is 16.5. The second-order valence-electron chi connectivity index (χ2n) is 5.77. The first-order valence-corrected chi connectivity index (χ1v) is 6.49. The summed E-state index contributed by atoms with van der Waals surface area (Å²) >= 11 is 0. The Morgan fingerprint density at radius 2 is 1.79 bits per heavy atom. The first kappa shape index (κ1) is 17.9. The van der Waals surface area contributed by atoms with Gasteiger partial charge in [0, 0.05) is 18.7 Å². The summed E-state index contributed by atoms with van der Waals surface area (Å²) in [4.78, 5) is 23.4. The Morgan fingerprint density at radius 3 is 2.26 bits per heavy atom. The van der Waals surface area contributed by atoms with E-state index in [0.29, 0.717) is 6.61 Å². The maximum absolute atomic E-state index is 11.8. The first-order chi connectivity index (χ1) is 8.65. The minimum atomic E-state index is -0.414. The van der Waals surface area contributed by atoms with Gasteiger partial charge in [-0.05, 0) is 34.6 Å². The van der Waals surface area contributed by atoms with Crippen molar-refractivity contribution in [3.05, 3.63) is 0 Å². The number of carbonyl (C=O) groups excluding carboxylic acids is 2. The van der Waals surface area contributed by atoms with Gasteiger partial charge in [0.25, 0.3) is 0 Å². The van der Waals surface area contributed by atoms with Crippen molar-refractivity contribution in [3.8, 4) is 0 Å². The van der Waals surface area contributed by atoms with Crippen molar-refractivity contribution in [1.82, 2.24) is 16.0 Å². The molecule has 0 saturated carbocycles. The smallest absolute Gasteiger partial charge is 0.237 e. The van der Waals surface area contributed by atoms with E-state index < -0.39 is 6.04 Å². The molecule has 112 valence electrons. The predicted octanol–water partition coefficient (Wildman–Crippen LogP) is 0.0303. The fourth-order valence-electron chi connectivity index (χ4n) is 1.43. The molecule has 0 radical (unpaired) electrons. The van der Waals surface area contributed by atoms with Crippen LogP contribution in [0.2, 0.25) is 0 Å². The number of methoxy groups -OCH3 is 1. The lowest BCUT2D eigenvalue weighted by Gasteiger charge is -2.23. The highest BCUT2D eigenvalue weighted by Crippen LogP contribution is 1.99. The number of amides is 2. The van der Waals surface area contributed by atoms with Gasteiger partial charge in [0.1, 0.15) is 0 Å². The molecule has 0 saturated heterocycles. The van der Waals surface area contributed by atoms with E-state index >= 15 is 0 Å². The van der Waals surface area contributed by atoms with Crippen molar-refractivity contribution in [1.29, 1.82) is 0 Å². The van der Waals surface area contributed by atoms with E-state index in [-0.39, 0.29) is 29.9 Å². The summed E-state index contributed by atoms with van der Waals surface area (Å²) in [5.41, 5.74) is -0.276. The van der Waals surface area contributed by atoms with E-state index in [2.05, 4.69) is 16.0 Å². The minimum absolute atomic E-state index is 0.0435. The zero-order chi connectivity index (χ0) is 15.1. The van der Waals surface area contributed by atoms with Gasteiger partial charge in [0.2, 0.25) is 11.8 Å². The minimum Gasteiger partial charge on any atom is -0.383 e. The van der Waals surface area contributed by atoms with Crippen LogP contribution in [-0.4, -0.2) is 49.7 Å². The molecule has 2 atom stereocenters. The second kappa shape index (κ2) is 8.12. The van der Waals surface area contributed by atoms with Crippen molar-refractivity contribution in [2.24, 2.45) is 0 Å². The SMILES string of the molecule is COCC(C)NC(=O)CNC(C)C(=O)NC(C)(C)C. The Labute approximate surface area is 115 Å². The summed E-state index contributed by atoms with van der Waals surface area (Å²) in [5, 5.41) is 8.50. The lowest BCUT2D eigenvalue weighted by Crippen LogP contribution is -2.51. The van der Waals surface area contributed by atoms with Gasteiger partial charge >= 0.3 is 0 Å². The third-order valence-electron chi connectivity index (χ3n) is 2.28. The van der Waals surface area contributed by atoms with Crippen LogP contribution in [0.3, 0.4) is 0 Å². The molecule has 0 rings (SSSR count). The van der Waals surface area contributed by atoms with Gasteiger partial charge in [-0.2, -0.15) is 0 Å². The number of rotatable bonds is 7. The Bertz CT molecular complexity index is 300. The highest BCUT2D eigenvalue weighted by Gasteiger charge is 2.19. The normalized spacial score (nSPS) is 14.6. The molecule has 6 nitrogen and oxygen atoms in total. The zero-order valence-electron chi connectivity index (χ0n) is 12.8. The molecule has 0 aromatic carbocycles. The Morgan fingerprint density at radius 1 is 1.21 bits per heavy atom. The molecule has 0 spiro atoms. The number of hydrogen-bond acceptors (Lipinski definition) is 4. The molecule has 3 N–H and O–H groups in total. The maximum atomic E-state index is 11.8. The van der Waals surface area contributed by atoms with Crippen LogP contribution >= 0.6 is 0 Å². The van der Waals surface area contributed by atoms with Gasteiger partial charge in [0.15, 0.2) is 0 Å². The Hall–Kier alpha value is -1.14. The molecule has 2 unspecified atom stereocenters. The van der Waals surface area contributed by atoms with Crippen molar-refractivity contribution in [2.75, 3.05) is 20.3 Å². The summed E-state index contributed by atoms with van der Waals surface area (Å²) in [6.45, 7) is 9.90. The molecular formula is C13H27N3O3. The van der Waals surface area contributed by atoms with Crippen molar-refractivity contribution in [2.45, 2.75) is 52.2 Å². The van der Waals surface area contributed by atoms with Gasteiger partial charge in [-0.15, -0.1) is 0 Å². The molecule has 0 aromatic heterocycles. The maximum Gasteiger partial charge on any atom is 0.237 e. The predicted molar refractivity (Wildman–Crippen MR) is 74.8 cm³/mol. The first-order valence-electron chi connectivity index (χ1n) is 6.49. The molecule has 0 fully saturated rings. The number of carbonyl (C=O) groups is 2. The zero-order valence-corrected chi connectivity index (χ0v) is 12.8. The summed E-state index contributed by atoms with van der Waals surface area (Å²) in [7, 11) is 1.58. The van der Waals surface area contributed by atoms with Crippen LogP contribution in [0.1, 0.15) is 34.6 Å². The van der Waals surface area contributed by atoms with Crippen LogP contribution in [0.15, 0.2) is 0 Å². The van der Waals surface area contributed by atoms with Crippen molar-refractivity contribution >= 4 is 11.8 Å². The van der Waals surface area contributed by atoms with E-state index in [1.54, 1.807) is 14.0 Å². The van der Waals surface area contributed by atoms with E-state index in [1.807, 2.05) is 27.7 Å². The largest absolute Gasteiger partial charge is 0.383 e. The van der Waals surface area contributed by atoms with Crippen molar-refractivity contribution < 1.29 is 14.3 Å². The van der Waals surface area contributed by atoms with Gasteiger partial charge in [-0.25, -0.2) is 0 Å². The summed E-state index contributed by atoms with van der Waals surface area (Å²) < 4.78 is 4.92. The number of nitrogens with one attached hydrogen (secondary N) is 3. The van der Waals surface area contributed by atoms with Crippen molar-refractivity contribution in [3.63, 3.8) is 0 Å². The number of ether oxygens (including phenoxy) is 1. The average Bonchev–Trinajstić information content (AvgIpc) is 2.23. The van der Waals surface area contributed by atoms with Gasteiger partial charge < -0.3 is 15.4 Å². The lowest BCUT2D eigenvalue weighted by molar-refractivity contribution is -0.124. The molecule has 2 amide bonds. The van der Waals surface area contributed by atoms with Gasteiger partial charge in [-0.3, -0.25) is 14.9 Å². The molecule has 6 heteroatoms. The van der Waals surface area contributed by atoms with E-state index in [1.165, 1.54) is 0 Å². The topological polar surface area (TPSA) is 79.5 Å². The summed E-state index contributed by atoms with van der Waals surface area (Å²) in [5.74, 6) is -0.273. The molecule has 0 aromatic rings. The average molecular weight is 273 g/mol. The molecule has 0 bridgehead atoms. The highest BCUT2D eigenvalue weighted by molar-refractivity contribution is 5.83. The van der Waals surface area contributed by atoms with Gasteiger partial charge in [0.05, 0.1) is 19.2 Å². The quantitative estimate of drug-likeness (QED) is 0.611. The van der Waals surface area contributed by atoms with Crippen LogP contribution in [0.25, 0.3) is 0 Å². The summed E-state index contributed by atoms with van der Waals surface area (Å²) in [6.07, 6.45) is 0. The van der Waals surface area contributed by atoms with Crippen LogP contribution in [-0.2, 0) is 14.3 Å². The molecule has 0 aliphatic heterocycles. The van der Waals surface area contributed by atoms with Crippen LogP contribution < -0.4 is 16.0 Å². The Balaban J connectivity index is 3.99. The van der Waals surface area contributed by atoms with E-state index in [9.17, 15) is 9.59 Å². The fraction of sp³-hybridized carbons (Fsp3) is 0.846. The third-order valence-corrected chi connectivity index (χ3v) is 2.28. The van der Waals surface area contributed by atoms with E-state index in [4.69, 9.17) is 4.74 Å². The monoisotopic (exact) mass is 273 g/mol. The molecule has 19 heavy (non-hydrogen) atoms. The fourth-order valence-corrected chi connectivity index (χ4v) is 1.43. The Kier molecular flexibility index (Phi) is 7.63. The molecule has 0 aliphatic rings. The molecule has 0 heterocycles. The van der Waals surface area contributed by atoms with Crippen LogP contribution in [0.4, 0.5) is 0 Å². The van der Waals surface area contributed by atoms with Crippen LogP contribution in [0.5, 0.6) is 0 Å². The van der Waals surface area contributed by atoms with Gasteiger partial charge in [-0.1, -0.05) is 0 Å². The van der Waals surface area contributed by atoms with Crippen LogP contribution in [0, 0.1) is 0 Å². The molecule has 0 aliphatic carbocycles. The number of hydrogen-bond donors (Lipinski definition) is 3. The second-order valence-corrected chi connectivity index (χ2v) is 5.77. The standard InChI is InChI=1S/C13H27N3O3/c1-9(8-19-6)15-11(17)7-14-10(2)12(18)16-13(3,4)5/h9-10,14H,7-8H2,1-6H3,(H,15,17)(H,16,18). The lowest BCUT2D eigenvalue weighted by atomic mass is 10.1. The van der Waals surface area contributed by atoms with E-state index in [0.717, 1.165) is 0 Å². The molecular weight excluding hydrogens is 246 g/mol. The summed E-state index contributed by atoms with van der Waals surface area (Å²) in [6, 6.07) is -0.458. The third kappa shape index (κ3) is 9.44.